The molecule has 1 fully saturated rings. The van der Waals surface area contributed by atoms with E-state index in [0.717, 1.165) is 36.0 Å². The first-order chi connectivity index (χ1) is 20.9. The SMILES string of the molecule is CCCCCCCCC1SC(CC(=O)N(Cc2ccccc2)Cc2ccccc2)C(=O)N1CCc1ccc(C(=O)O)cc1. The predicted octanol–water partition coefficient (Wildman–Crippen LogP) is 7.57. The first-order valence-corrected chi connectivity index (χ1v) is 16.5. The Morgan fingerprint density at radius 2 is 1.37 bits per heavy atom. The molecule has 1 N–H and O–H groups in total. The first kappa shape index (κ1) is 32.3. The van der Waals surface area contributed by atoms with Crippen molar-refractivity contribution in [3.05, 3.63) is 107 Å². The zero-order valence-corrected chi connectivity index (χ0v) is 26.0. The lowest BCUT2D eigenvalue weighted by molar-refractivity contribution is -0.136. The fraction of sp³-hybridized carbons (Fsp3) is 0.417. The highest BCUT2D eigenvalue weighted by Crippen LogP contribution is 2.37. The Kier molecular flexibility index (Phi) is 12.7. The van der Waals surface area contributed by atoms with Gasteiger partial charge in [0.25, 0.3) is 0 Å². The highest BCUT2D eigenvalue weighted by molar-refractivity contribution is 8.01. The number of benzene rings is 3. The second-order valence-electron chi connectivity index (χ2n) is 11.3. The van der Waals surface area contributed by atoms with Crippen LogP contribution in [0, 0.1) is 0 Å². The van der Waals surface area contributed by atoms with Gasteiger partial charge >= 0.3 is 5.97 Å². The van der Waals surface area contributed by atoms with E-state index in [2.05, 4.69) is 6.92 Å². The molecule has 0 aromatic heterocycles. The van der Waals surface area contributed by atoms with Crippen molar-refractivity contribution in [2.24, 2.45) is 0 Å². The number of thioether (sulfide) groups is 1. The van der Waals surface area contributed by atoms with Gasteiger partial charge in [0, 0.05) is 26.1 Å². The molecule has 4 rings (SSSR count). The number of carboxylic acid groups (broad SMARTS) is 1. The van der Waals surface area contributed by atoms with E-state index in [1.165, 1.54) is 25.7 Å². The summed E-state index contributed by atoms with van der Waals surface area (Å²) in [7, 11) is 0. The summed E-state index contributed by atoms with van der Waals surface area (Å²) in [6, 6.07) is 26.9. The molecule has 0 saturated carbocycles. The Bertz CT molecular complexity index is 1260. The Morgan fingerprint density at radius 3 is 1.95 bits per heavy atom. The highest BCUT2D eigenvalue weighted by atomic mass is 32.2. The van der Waals surface area contributed by atoms with Gasteiger partial charge in [0.1, 0.15) is 0 Å². The van der Waals surface area contributed by atoms with Crippen LogP contribution in [0.2, 0.25) is 0 Å². The lowest BCUT2D eigenvalue weighted by Gasteiger charge is -2.24. The molecule has 228 valence electrons. The molecule has 6 nitrogen and oxygen atoms in total. The maximum absolute atomic E-state index is 13.8. The van der Waals surface area contributed by atoms with Crippen molar-refractivity contribution in [3.63, 3.8) is 0 Å². The Labute approximate surface area is 260 Å². The minimum atomic E-state index is -0.947. The molecule has 43 heavy (non-hydrogen) atoms. The number of carbonyl (C=O) groups excluding carboxylic acids is 2. The van der Waals surface area contributed by atoms with Crippen LogP contribution in [0.5, 0.6) is 0 Å². The van der Waals surface area contributed by atoms with Gasteiger partial charge in [-0.1, -0.05) is 118 Å². The van der Waals surface area contributed by atoms with Gasteiger partial charge in [-0.05, 0) is 41.7 Å². The van der Waals surface area contributed by atoms with Crippen LogP contribution in [-0.4, -0.2) is 49.9 Å². The molecular formula is C36H44N2O4S. The second kappa shape index (κ2) is 16.9. The molecule has 0 bridgehead atoms. The molecule has 2 unspecified atom stereocenters. The van der Waals surface area contributed by atoms with Crippen molar-refractivity contribution < 1.29 is 19.5 Å². The second-order valence-corrected chi connectivity index (χ2v) is 12.7. The highest BCUT2D eigenvalue weighted by Gasteiger charge is 2.41. The fourth-order valence-electron chi connectivity index (χ4n) is 5.55. The summed E-state index contributed by atoms with van der Waals surface area (Å²) in [5, 5.41) is 8.86. The van der Waals surface area contributed by atoms with Crippen molar-refractivity contribution in [3.8, 4) is 0 Å². The lowest BCUT2D eigenvalue weighted by atomic mass is 10.1. The van der Waals surface area contributed by atoms with E-state index < -0.39 is 11.2 Å². The molecule has 1 aliphatic heterocycles. The van der Waals surface area contributed by atoms with Crippen molar-refractivity contribution in [2.75, 3.05) is 6.54 Å². The number of carboxylic acids is 1. The van der Waals surface area contributed by atoms with Crippen LogP contribution in [0.4, 0.5) is 0 Å². The number of aromatic carboxylic acids is 1. The van der Waals surface area contributed by atoms with E-state index in [1.54, 1.807) is 23.9 Å². The summed E-state index contributed by atoms with van der Waals surface area (Å²) in [6.07, 6.45) is 8.90. The Hall–Kier alpha value is -3.58. The van der Waals surface area contributed by atoms with Gasteiger partial charge in [0.15, 0.2) is 0 Å². The van der Waals surface area contributed by atoms with Gasteiger partial charge in [-0.25, -0.2) is 4.79 Å². The van der Waals surface area contributed by atoms with Crippen LogP contribution in [0.15, 0.2) is 84.9 Å². The van der Waals surface area contributed by atoms with E-state index in [9.17, 15) is 19.5 Å². The number of amides is 2. The summed E-state index contributed by atoms with van der Waals surface area (Å²) < 4.78 is 0. The van der Waals surface area contributed by atoms with E-state index in [4.69, 9.17) is 0 Å². The third-order valence-electron chi connectivity index (χ3n) is 8.02. The Morgan fingerprint density at radius 1 is 0.791 bits per heavy atom. The van der Waals surface area contributed by atoms with Crippen LogP contribution in [0.25, 0.3) is 0 Å². The average molecular weight is 601 g/mol. The van der Waals surface area contributed by atoms with Gasteiger partial charge in [-0.2, -0.15) is 0 Å². The van der Waals surface area contributed by atoms with Crippen molar-refractivity contribution >= 4 is 29.5 Å². The molecule has 1 saturated heterocycles. The molecule has 2 atom stereocenters. The quantitative estimate of drug-likeness (QED) is 0.162. The standard InChI is InChI=1S/C36H44N2O4S/c1-2-3-4-5-6-13-18-34-38(24-23-28-19-21-31(22-20-28)36(41)42)35(40)32(43-34)25-33(39)37(26-29-14-9-7-10-15-29)27-30-16-11-8-12-17-30/h7-12,14-17,19-22,32,34H,2-6,13,18,23-27H2,1H3,(H,41,42). The normalized spacial score (nSPS) is 16.4. The zero-order valence-electron chi connectivity index (χ0n) is 25.2. The predicted molar refractivity (Wildman–Crippen MR) is 174 cm³/mol. The molecule has 1 heterocycles. The monoisotopic (exact) mass is 600 g/mol. The number of nitrogens with zero attached hydrogens (tertiary/aromatic N) is 2. The number of hydrogen-bond donors (Lipinski definition) is 1. The van der Waals surface area contributed by atoms with Gasteiger partial charge in [0.05, 0.1) is 16.2 Å². The molecule has 7 heteroatoms. The Balaban J connectivity index is 1.43. The summed E-state index contributed by atoms with van der Waals surface area (Å²) in [4.78, 5) is 42.7. The van der Waals surface area contributed by atoms with E-state index in [1.807, 2.05) is 82.6 Å². The maximum Gasteiger partial charge on any atom is 0.335 e. The fourth-order valence-corrected chi connectivity index (χ4v) is 7.08. The van der Waals surface area contributed by atoms with Crippen molar-refractivity contribution in [2.45, 2.75) is 88.4 Å². The van der Waals surface area contributed by atoms with Crippen molar-refractivity contribution in [1.82, 2.24) is 9.80 Å². The molecule has 2 amide bonds. The molecule has 3 aromatic carbocycles. The molecule has 0 radical (unpaired) electrons. The van der Waals surface area contributed by atoms with E-state index in [0.29, 0.717) is 26.1 Å². The van der Waals surface area contributed by atoms with Crippen LogP contribution in [-0.2, 0) is 29.1 Å². The van der Waals surface area contributed by atoms with Crippen LogP contribution in [0.3, 0.4) is 0 Å². The number of unbranched alkanes of at least 4 members (excludes halogenated alkanes) is 5. The third-order valence-corrected chi connectivity index (χ3v) is 9.52. The van der Waals surface area contributed by atoms with Gasteiger partial charge < -0.3 is 14.9 Å². The smallest absolute Gasteiger partial charge is 0.335 e. The zero-order chi connectivity index (χ0) is 30.4. The average Bonchev–Trinajstić information content (AvgIpc) is 3.31. The minimum Gasteiger partial charge on any atom is -0.478 e. The number of rotatable bonds is 17. The summed E-state index contributed by atoms with van der Waals surface area (Å²) in [5.41, 5.74) is 3.38. The molecule has 0 aliphatic carbocycles. The van der Waals surface area contributed by atoms with Crippen molar-refractivity contribution in [1.29, 1.82) is 0 Å². The molecule has 3 aromatic rings. The number of carbonyl (C=O) groups is 3. The summed E-state index contributed by atoms with van der Waals surface area (Å²) in [6.45, 7) is 3.77. The van der Waals surface area contributed by atoms with Crippen LogP contribution < -0.4 is 0 Å². The van der Waals surface area contributed by atoms with E-state index >= 15 is 0 Å². The topological polar surface area (TPSA) is 77.9 Å². The largest absolute Gasteiger partial charge is 0.478 e. The molecular weight excluding hydrogens is 556 g/mol. The van der Waals surface area contributed by atoms with Crippen LogP contribution in [0.1, 0.15) is 85.3 Å². The molecule has 0 spiro atoms. The van der Waals surface area contributed by atoms with Gasteiger partial charge in [-0.3, -0.25) is 9.59 Å². The summed E-state index contributed by atoms with van der Waals surface area (Å²) >= 11 is 1.65. The molecule has 1 aliphatic rings. The van der Waals surface area contributed by atoms with Crippen LogP contribution >= 0.6 is 11.8 Å². The number of hydrogen-bond acceptors (Lipinski definition) is 4. The third kappa shape index (κ3) is 9.99. The van der Waals surface area contributed by atoms with Gasteiger partial charge in [0.2, 0.25) is 11.8 Å². The maximum atomic E-state index is 13.8. The lowest BCUT2D eigenvalue weighted by Crippen LogP contribution is -2.38. The summed E-state index contributed by atoms with van der Waals surface area (Å²) in [5.74, 6) is -0.920. The van der Waals surface area contributed by atoms with Gasteiger partial charge in [-0.15, -0.1) is 11.8 Å². The minimum absolute atomic E-state index is 0.0111. The first-order valence-electron chi connectivity index (χ1n) is 15.6. The van der Waals surface area contributed by atoms with E-state index in [-0.39, 0.29) is 29.2 Å².